The molecule has 0 aliphatic heterocycles. The Morgan fingerprint density at radius 3 is 2.88 bits per heavy atom. The van der Waals surface area contributed by atoms with Crippen molar-refractivity contribution < 1.29 is 14.3 Å². The molecule has 0 amide bonds. The molecule has 0 aliphatic carbocycles. The molecule has 84 valence electrons. The fraction of sp³-hybridized carbons (Fsp3) is 0.100. The maximum atomic E-state index is 10.6. The summed E-state index contributed by atoms with van der Waals surface area (Å²) < 4.78 is 6.10. The molecule has 2 heterocycles. The predicted octanol–water partition coefficient (Wildman–Crippen LogP) is 3.41. The number of carbonyl (C=O) groups is 1. The lowest BCUT2D eigenvalue weighted by Crippen LogP contribution is -1.97. The molecule has 0 bridgehead atoms. The van der Waals surface area contributed by atoms with Crippen LogP contribution in [0, 0.1) is 0 Å². The zero-order valence-electron chi connectivity index (χ0n) is 8.07. The van der Waals surface area contributed by atoms with Crippen molar-refractivity contribution in [1.29, 1.82) is 0 Å². The van der Waals surface area contributed by atoms with E-state index in [1.54, 1.807) is 17.4 Å². The van der Waals surface area contributed by atoms with Gasteiger partial charge >= 0.3 is 5.97 Å². The SMILES string of the molecule is O=C(O)c1ccc(NCc2sccc2Br)o1. The number of nitrogens with one attached hydrogen (secondary N) is 1. The largest absolute Gasteiger partial charge is 0.475 e. The molecule has 2 rings (SSSR count). The third kappa shape index (κ3) is 2.45. The van der Waals surface area contributed by atoms with E-state index in [2.05, 4.69) is 21.2 Å². The summed E-state index contributed by atoms with van der Waals surface area (Å²) in [5, 5.41) is 13.7. The van der Waals surface area contributed by atoms with Crippen molar-refractivity contribution in [2.45, 2.75) is 6.54 Å². The van der Waals surface area contributed by atoms with Gasteiger partial charge < -0.3 is 14.8 Å². The van der Waals surface area contributed by atoms with Gasteiger partial charge in [0.2, 0.25) is 5.76 Å². The zero-order chi connectivity index (χ0) is 11.5. The molecule has 0 spiro atoms. The number of aromatic carboxylic acids is 1. The Morgan fingerprint density at radius 2 is 2.31 bits per heavy atom. The van der Waals surface area contributed by atoms with Crippen LogP contribution in [-0.4, -0.2) is 11.1 Å². The lowest BCUT2D eigenvalue weighted by molar-refractivity contribution is 0.0663. The molecule has 0 fully saturated rings. The molecule has 0 saturated heterocycles. The van der Waals surface area contributed by atoms with Gasteiger partial charge in [-0.3, -0.25) is 0 Å². The van der Waals surface area contributed by atoms with Crippen molar-refractivity contribution >= 4 is 39.1 Å². The van der Waals surface area contributed by atoms with Gasteiger partial charge in [-0.2, -0.15) is 0 Å². The molecular weight excluding hydrogens is 294 g/mol. The topological polar surface area (TPSA) is 62.5 Å². The van der Waals surface area contributed by atoms with Gasteiger partial charge in [-0.15, -0.1) is 11.3 Å². The summed E-state index contributed by atoms with van der Waals surface area (Å²) in [6.45, 7) is 0.602. The summed E-state index contributed by atoms with van der Waals surface area (Å²) >= 11 is 5.03. The van der Waals surface area contributed by atoms with Gasteiger partial charge in [-0.05, 0) is 33.4 Å². The molecule has 0 aliphatic rings. The van der Waals surface area contributed by atoms with E-state index in [-0.39, 0.29) is 5.76 Å². The van der Waals surface area contributed by atoms with Gasteiger partial charge in [-0.1, -0.05) is 0 Å². The van der Waals surface area contributed by atoms with Crippen LogP contribution in [0.25, 0.3) is 0 Å². The van der Waals surface area contributed by atoms with E-state index < -0.39 is 5.97 Å². The van der Waals surface area contributed by atoms with Crippen LogP contribution < -0.4 is 5.32 Å². The van der Waals surface area contributed by atoms with Gasteiger partial charge in [-0.25, -0.2) is 4.79 Å². The first-order valence-electron chi connectivity index (χ1n) is 4.45. The number of anilines is 1. The summed E-state index contributed by atoms with van der Waals surface area (Å²) in [6, 6.07) is 4.99. The Balaban J connectivity index is 2.00. The number of carboxylic acids is 1. The minimum Gasteiger partial charge on any atom is -0.475 e. The summed E-state index contributed by atoms with van der Waals surface area (Å²) in [4.78, 5) is 11.7. The van der Waals surface area contributed by atoms with Gasteiger partial charge in [0.05, 0.1) is 6.54 Å². The molecule has 0 radical (unpaired) electrons. The number of furan rings is 1. The van der Waals surface area contributed by atoms with Crippen LogP contribution in [0.15, 0.2) is 32.5 Å². The molecule has 0 unspecified atom stereocenters. The van der Waals surface area contributed by atoms with Crippen LogP contribution in [0.4, 0.5) is 5.88 Å². The molecule has 0 atom stereocenters. The number of rotatable bonds is 4. The second-order valence-corrected chi connectivity index (χ2v) is 4.87. The second kappa shape index (κ2) is 4.71. The maximum absolute atomic E-state index is 10.6. The Labute approximate surface area is 104 Å². The van der Waals surface area contributed by atoms with E-state index in [0.717, 1.165) is 9.35 Å². The van der Waals surface area contributed by atoms with Crippen molar-refractivity contribution in [3.8, 4) is 0 Å². The van der Waals surface area contributed by atoms with Crippen molar-refractivity contribution in [2.24, 2.45) is 0 Å². The van der Waals surface area contributed by atoms with Crippen molar-refractivity contribution in [3.63, 3.8) is 0 Å². The summed E-state index contributed by atoms with van der Waals surface area (Å²) in [5.41, 5.74) is 0. The highest BCUT2D eigenvalue weighted by molar-refractivity contribution is 9.10. The van der Waals surface area contributed by atoms with Crippen molar-refractivity contribution in [1.82, 2.24) is 0 Å². The fourth-order valence-electron chi connectivity index (χ4n) is 1.17. The molecular formula is C10H8BrNO3S. The number of halogens is 1. The molecule has 2 N–H and O–H groups in total. The van der Waals surface area contributed by atoms with E-state index in [0.29, 0.717) is 12.4 Å². The predicted molar refractivity (Wildman–Crippen MR) is 65.0 cm³/mol. The van der Waals surface area contributed by atoms with E-state index in [4.69, 9.17) is 9.52 Å². The van der Waals surface area contributed by atoms with E-state index in [9.17, 15) is 4.79 Å². The quantitative estimate of drug-likeness (QED) is 0.908. The van der Waals surface area contributed by atoms with Crippen molar-refractivity contribution in [2.75, 3.05) is 5.32 Å². The number of hydrogen-bond donors (Lipinski definition) is 2. The zero-order valence-corrected chi connectivity index (χ0v) is 10.5. The molecule has 16 heavy (non-hydrogen) atoms. The Morgan fingerprint density at radius 1 is 1.50 bits per heavy atom. The molecule has 0 saturated carbocycles. The lowest BCUT2D eigenvalue weighted by Gasteiger charge is -2.00. The van der Waals surface area contributed by atoms with Gasteiger partial charge in [0.15, 0.2) is 5.88 Å². The van der Waals surface area contributed by atoms with Crippen molar-refractivity contribution in [3.05, 3.63) is 38.7 Å². The molecule has 6 heteroatoms. The second-order valence-electron chi connectivity index (χ2n) is 3.01. The third-order valence-corrected chi connectivity index (χ3v) is 3.86. The highest BCUT2D eigenvalue weighted by Gasteiger charge is 2.09. The first kappa shape index (κ1) is 11.2. The lowest BCUT2D eigenvalue weighted by atomic mass is 10.4. The molecule has 4 nitrogen and oxygen atoms in total. The monoisotopic (exact) mass is 301 g/mol. The van der Waals surface area contributed by atoms with Crippen LogP contribution in [-0.2, 0) is 6.54 Å². The van der Waals surface area contributed by atoms with Crippen LogP contribution >= 0.6 is 27.3 Å². The molecule has 2 aromatic heterocycles. The summed E-state index contributed by atoms with van der Waals surface area (Å²) in [6.07, 6.45) is 0. The molecule has 2 aromatic rings. The Kier molecular flexibility index (Phi) is 3.31. The first-order chi connectivity index (χ1) is 7.66. The first-order valence-corrected chi connectivity index (χ1v) is 6.13. The number of carboxylic acid groups (broad SMARTS) is 1. The maximum Gasteiger partial charge on any atom is 0.371 e. The van der Waals surface area contributed by atoms with Gasteiger partial charge in [0.25, 0.3) is 0 Å². The van der Waals surface area contributed by atoms with Gasteiger partial charge in [0.1, 0.15) is 0 Å². The van der Waals surface area contributed by atoms with Crippen LogP contribution in [0.1, 0.15) is 15.4 Å². The highest BCUT2D eigenvalue weighted by Crippen LogP contribution is 2.24. The average molecular weight is 302 g/mol. The Hall–Kier alpha value is -1.27. The summed E-state index contributed by atoms with van der Waals surface area (Å²) in [5.74, 6) is -0.671. The number of thiophene rings is 1. The average Bonchev–Trinajstić information content (AvgIpc) is 2.83. The normalized spacial score (nSPS) is 10.3. The van der Waals surface area contributed by atoms with Crippen LogP contribution in [0.3, 0.4) is 0 Å². The highest BCUT2D eigenvalue weighted by atomic mass is 79.9. The smallest absolute Gasteiger partial charge is 0.371 e. The van der Waals surface area contributed by atoms with E-state index in [1.807, 2.05) is 11.4 Å². The minimum absolute atomic E-state index is 0.0623. The fourth-order valence-corrected chi connectivity index (χ4v) is 2.60. The third-order valence-electron chi connectivity index (χ3n) is 1.93. The van der Waals surface area contributed by atoms with E-state index in [1.165, 1.54) is 6.07 Å². The summed E-state index contributed by atoms with van der Waals surface area (Å²) in [7, 11) is 0. The van der Waals surface area contributed by atoms with Gasteiger partial charge in [0, 0.05) is 15.4 Å². The van der Waals surface area contributed by atoms with Crippen LogP contribution in [0.2, 0.25) is 0 Å². The standard InChI is InChI=1S/C10H8BrNO3S/c11-6-3-4-16-8(6)5-12-9-2-1-7(15-9)10(13)14/h1-4,12H,5H2,(H,13,14). The van der Waals surface area contributed by atoms with E-state index >= 15 is 0 Å². The molecule has 0 aromatic carbocycles. The van der Waals surface area contributed by atoms with Crippen LogP contribution in [0.5, 0.6) is 0 Å². The minimum atomic E-state index is -1.06. The number of hydrogen-bond acceptors (Lipinski definition) is 4. The Bertz CT molecular complexity index is 506.